The molecule has 0 saturated carbocycles. The van der Waals surface area contributed by atoms with Gasteiger partial charge in [0.25, 0.3) is 0 Å². The summed E-state index contributed by atoms with van der Waals surface area (Å²) in [4.78, 5) is 11.8. The summed E-state index contributed by atoms with van der Waals surface area (Å²) in [6.07, 6.45) is 27.6. The maximum Gasteiger partial charge on any atom is 0.305 e. The molecule has 0 N–H and O–H groups in total. The van der Waals surface area contributed by atoms with Crippen LogP contribution in [0.25, 0.3) is 0 Å². The first-order valence-corrected chi connectivity index (χ1v) is 15.1. The number of carbonyl (C=O) groups is 1. The number of hydrogen-bond donors (Lipinski definition) is 0. The number of ether oxygens (including phenoxy) is 3. The molecule has 0 fully saturated rings. The number of carbonyl (C=O) groups excluding carboxylic acids is 1. The van der Waals surface area contributed by atoms with Crippen LogP contribution >= 0.6 is 0 Å². The van der Waals surface area contributed by atoms with Gasteiger partial charge in [-0.3, -0.25) is 4.79 Å². The summed E-state index contributed by atoms with van der Waals surface area (Å²) in [7, 11) is 0. The van der Waals surface area contributed by atoms with Gasteiger partial charge in [-0.2, -0.15) is 0 Å². The van der Waals surface area contributed by atoms with Crippen LogP contribution in [-0.2, 0) is 19.0 Å². The predicted octanol–water partition coefficient (Wildman–Crippen LogP) is 9.18. The molecule has 0 spiro atoms. The number of esters is 1. The zero-order valence-corrected chi connectivity index (χ0v) is 23.2. The van der Waals surface area contributed by atoms with Crippen molar-refractivity contribution in [2.45, 2.75) is 155 Å². The topological polar surface area (TPSA) is 44.8 Å². The molecule has 0 atom stereocenters. The first-order chi connectivity index (χ1) is 16.8. The van der Waals surface area contributed by atoms with Crippen LogP contribution in [-0.4, -0.2) is 39.0 Å². The standard InChI is InChI=1S/C30H60O4/c1-3-5-7-9-11-13-14-15-16-18-20-22-27-34-30(31)24-23-26-33-29-28-32-25-21-19-17-12-10-8-6-4-2/h3-29H2,1-2H3. The van der Waals surface area contributed by atoms with E-state index < -0.39 is 0 Å². The van der Waals surface area contributed by atoms with E-state index in [2.05, 4.69) is 13.8 Å². The van der Waals surface area contributed by atoms with Crippen molar-refractivity contribution in [2.24, 2.45) is 0 Å². The van der Waals surface area contributed by atoms with Gasteiger partial charge in [0.1, 0.15) is 0 Å². The van der Waals surface area contributed by atoms with Crippen molar-refractivity contribution in [1.29, 1.82) is 0 Å². The second-order valence-corrected chi connectivity index (χ2v) is 9.91. The first-order valence-electron chi connectivity index (χ1n) is 15.1. The molecular weight excluding hydrogens is 424 g/mol. The zero-order chi connectivity index (χ0) is 24.8. The molecule has 0 aliphatic carbocycles. The smallest absolute Gasteiger partial charge is 0.305 e. The average Bonchev–Trinajstić information content (AvgIpc) is 2.84. The molecule has 0 aromatic rings. The molecule has 0 aliphatic rings. The Morgan fingerprint density at radius 1 is 0.412 bits per heavy atom. The summed E-state index contributed by atoms with van der Waals surface area (Å²) in [5, 5.41) is 0. The third-order valence-corrected chi connectivity index (χ3v) is 6.44. The van der Waals surface area contributed by atoms with Gasteiger partial charge in [-0.15, -0.1) is 0 Å². The van der Waals surface area contributed by atoms with E-state index in [1.807, 2.05) is 0 Å². The Bertz CT molecular complexity index is 386. The van der Waals surface area contributed by atoms with Crippen LogP contribution in [0.3, 0.4) is 0 Å². The van der Waals surface area contributed by atoms with Gasteiger partial charge in [0.05, 0.1) is 19.8 Å². The molecule has 0 amide bonds. The monoisotopic (exact) mass is 484 g/mol. The Morgan fingerprint density at radius 3 is 1.21 bits per heavy atom. The van der Waals surface area contributed by atoms with Gasteiger partial charge in [-0.1, -0.05) is 129 Å². The van der Waals surface area contributed by atoms with Crippen LogP contribution in [0.2, 0.25) is 0 Å². The quantitative estimate of drug-likeness (QED) is 0.0784. The predicted molar refractivity (Wildman–Crippen MR) is 146 cm³/mol. The molecule has 4 heteroatoms. The molecule has 0 bridgehead atoms. The van der Waals surface area contributed by atoms with Crippen LogP contribution in [0.1, 0.15) is 155 Å². The van der Waals surface area contributed by atoms with Gasteiger partial charge in [-0.05, 0) is 19.3 Å². The van der Waals surface area contributed by atoms with E-state index in [4.69, 9.17) is 14.2 Å². The highest BCUT2D eigenvalue weighted by atomic mass is 16.5. The second kappa shape index (κ2) is 30.4. The van der Waals surface area contributed by atoms with Crippen LogP contribution in [0.15, 0.2) is 0 Å². The molecule has 0 heterocycles. The third-order valence-electron chi connectivity index (χ3n) is 6.44. The van der Waals surface area contributed by atoms with Crippen molar-refractivity contribution >= 4 is 5.97 Å². The Balaban J connectivity index is 3.14. The SMILES string of the molecule is CCCCCCCCCCCCCCOC(=O)CCCOCCOCCCCCCCCCC. The normalized spacial score (nSPS) is 11.2. The van der Waals surface area contributed by atoms with Crippen molar-refractivity contribution in [3.63, 3.8) is 0 Å². The highest BCUT2D eigenvalue weighted by molar-refractivity contribution is 5.69. The van der Waals surface area contributed by atoms with Crippen molar-refractivity contribution < 1.29 is 19.0 Å². The highest BCUT2D eigenvalue weighted by Crippen LogP contribution is 2.12. The minimum absolute atomic E-state index is 0.0855. The third kappa shape index (κ3) is 29.4. The van der Waals surface area contributed by atoms with E-state index in [1.54, 1.807) is 0 Å². The minimum Gasteiger partial charge on any atom is -0.466 e. The van der Waals surface area contributed by atoms with Gasteiger partial charge in [-0.25, -0.2) is 0 Å². The molecular formula is C30H60O4. The molecule has 0 aromatic heterocycles. The Labute approximate surface area is 213 Å². The summed E-state index contributed by atoms with van der Waals surface area (Å²) in [6, 6.07) is 0. The van der Waals surface area contributed by atoms with Crippen molar-refractivity contribution in [3.05, 3.63) is 0 Å². The lowest BCUT2D eigenvalue weighted by Gasteiger charge is -2.07. The lowest BCUT2D eigenvalue weighted by atomic mass is 10.1. The van der Waals surface area contributed by atoms with Crippen LogP contribution in [0, 0.1) is 0 Å². The van der Waals surface area contributed by atoms with Crippen LogP contribution in [0.4, 0.5) is 0 Å². The molecule has 0 aromatic carbocycles. The molecule has 0 aliphatic heterocycles. The molecule has 0 unspecified atom stereocenters. The second-order valence-electron chi connectivity index (χ2n) is 9.91. The molecule has 34 heavy (non-hydrogen) atoms. The van der Waals surface area contributed by atoms with E-state index in [1.165, 1.54) is 116 Å². The Hall–Kier alpha value is -0.610. The van der Waals surface area contributed by atoms with Crippen LogP contribution in [0.5, 0.6) is 0 Å². The maximum atomic E-state index is 11.8. The van der Waals surface area contributed by atoms with Gasteiger partial charge in [0.2, 0.25) is 0 Å². The molecule has 204 valence electrons. The molecule has 0 saturated heterocycles. The largest absolute Gasteiger partial charge is 0.466 e. The fraction of sp³-hybridized carbons (Fsp3) is 0.967. The molecule has 4 nitrogen and oxygen atoms in total. The van der Waals surface area contributed by atoms with E-state index in [0.717, 1.165) is 25.9 Å². The van der Waals surface area contributed by atoms with Crippen LogP contribution < -0.4 is 0 Å². The summed E-state index contributed by atoms with van der Waals surface area (Å²) in [5.74, 6) is -0.0855. The highest BCUT2D eigenvalue weighted by Gasteiger charge is 2.03. The number of hydrogen-bond acceptors (Lipinski definition) is 4. The van der Waals surface area contributed by atoms with Crippen molar-refractivity contribution in [1.82, 2.24) is 0 Å². The minimum atomic E-state index is -0.0855. The van der Waals surface area contributed by atoms with Crippen molar-refractivity contribution in [3.8, 4) is 0 Å². The fourth-order valence-electron chi connectivity index (χ4n) is 4.18. The Kier molecular flexibility index (Phi) is 29.9. The first kappa shape index (κ1) is 33.4. The summed E-state index contributed by atoms with van der Waals surface area (Å²) < 4.78 is 16.5. The van der Waals surface area contributed by atoms with E-state index >= 15 is 0 Å². The lowest BCUT2D eigenvalue weighted by molar-refractivity contribution is -0.144. The van der Waals surface area contributed by atoms with E-state index in [9.17, 15) is 4.79 Å². The summed E-state index contributed by atoms with van der Waals surface area (Å²) >= 11 is 0. The summed E-state index contributed by atoms with van der Waals surface area (Å²) in [6.45, 7) is 7.82. The maximum absolute atomic E-state index is 11.8. The number of rotatable bonds is 29. The van der Waals surface area contributed by atoms with E-state index in [0.29, 0.717) is 32.8 Å². The van der Waals surface area contributed by atoms with E-state index in [-0.39, 0.29) is 5.97 Å². The summed E-state index contributed by atoms with van der Waals surface area (Å²) in [5.41, 5.74) is 0. The van der Waals surface area contributed by atoms with Gasteiger partial charge < -0.3 is 14.2 Å². The average molecular weight is 485 g/mol. The van der Waals surface area contributed by atoms with Gasteiger partial charge in [0, 0.05) is 19.6 Å². The van der Waals surface area contributed by atoms with Gasteiger partial charge in [0.15, 0.2) is 0 Å². The molecule has 0 rings (SSSR count). The molecule has 0 radical (unpaired) electrons. The van der Waals surface area contributed by atoms with Gasteiger partial charge >= 0.3 is 5.97 Å². The fourth-order valence-corrected chi connectivity index (χ4v) is 4.18. The van der Waals surface area contributed by atoms with Crippen molar-refractivity contribution in [2.75, 3.05) is 33.0 Å². The lowest BCUT2D eigenvalue weighted by Crippen LogP contribution is -2.09. The zero-order valence-electron chi connectivity index (χ0n) is 23.2. The Morgan fingerprint density at radius 2 is 0.765 bits per heavy atom. The number of unbranched alkanes of at least 4 members (excludes halogenated alkanes) is 18.